The van der Waals surface area contributed by atoms with Crippen LogP contribution < -0.4 is 0 Å². The van der Waals surface area contributed by atoms with Crippen LogP contribution >= 0.6 is 15.9 Å². The standard InChI is InChI=1S/C15H8BrF3O/c16-10-4-1-9(2-5-10)3-6-14(20)12-7-11(17)8-13(18)15(12)19/h1-8H. The molecule has 0 unspecified atom stereocenters. The van der Waals surface area contributed by atoms with E-state index in [1.807, 2.05) is 0 Å². The van der Waals surface area contributed by atoms with Crippen LogP contribution in [-0.2, 0) is 0 Å². The van der Waals surface area contributed by atoms with Crippen molar-refractivity contribution in [2.45, 2.75) is 0 Å². The van der Waals surface area contributed by atoms with E-state index in [2.05, 4.69) is 15.9 Å². The molecule has 0 aliphatic carbocycles. The first-order chi connectivity index (χ1) is 9.47. The predicted octanol–water partition coefficient (Wildman–Crippen LogP) is 4.76. The highest BCUT2D eigenvalue weighted by atomic mass is 79.9. The van der Waals surface area contributed by atoms with Crippen molar-refractivity contribution in [1.29, 1.82) is 0 Å². The molecule has 2 aromatic rings. The van der Waals surface area contributed by atoms with Gasteiger partial charge in [-0.3, -0.25) is 4.79 Å². The Balaban J connectivity index is 2.26. The molecule has 0 N–H and O–H groups in total. The van der Waals surface area contributed by atoms with Crippen molar-refractivity contribution in [3.05, 3.63) is 75.5 Å². The van der Waals surface area contributed by atoms with Crippen LogP contribution in [0.2, 0.25) is 0 Å². The van der Waals surface area contributed by atoms with Gasteiger partial charge < -0.3 is 0 Å². The molecule has 1 nitrogen and oxygen atoms in total. The predicted molar refractivity (Wildman–Crippen MR) is 73.8 cm³/mol. The summed E-state index contributed by atoms with van der Waals surface area (Å²) in [6.45, 7) is 0. The molecule has 0 heterocycles. The third kappa shape index (κ3) is 3.36. The third-order valence-electron chi connectivity index (χ3n) is 2.56. The summed E-state index contributed by atoms with van der Waals surface area (Å²) < 4.78 is 40.3. The molecule has 0 fully saturated rings. The fourth-order valence-electron chi connectivity index (χ4n) is 1.57. The lowest BCUT2D eigenvalue weighted by atomic mass is 10.1. The van der Waals surface area contributed by atoms with E-state index in [1.165, 1.54) is 6.08 Å². The van der Waals surface area contributed by atoms with Crippen molar-refractivity contribution in [2.75, 3.05) is 0 Å². The van der Waals surface area contributed by atoms with Crippen molar-refractivity contribution in [1.82, 2.24) is 0 Å². The van der Waals surface area contributed by atoms with Crippen molar-refractivity contribution in [3.63, 3.8) is 0 Å². The van der Waals surface area contributed by atoms with Crippen LogP contribution in [0.25, 0.3) is 6.08 Å². The zero-order valence-electron chi connectivity index (χ0n) is 10.0. The molecule has 0 atom stereocenters. The lowest BCUT2D eigenvalue weighted by Gasteiger charge is -2.00. The van der Waals surface area contributed by atoms with Gasteiger partial charge in [0.1, 0.15) is 5.82 Å². The summed E-state index contributed by atoms with van der Waals surface area (Å²) in [6, 6.07) is 8.07. The summed E-state index contributed by atoms with van der Waals surface area (Å²) in [5.74, 6) is -4.53. The highest BCUT2D eigenvalue weighted by Gasteiger charge is 2.15. The molecule has 0 aliphatic heterocycles. The van der Waals surface area contributed by atoms with Gasteiger partial charge in [-0.2, -0.15) is 0 Å². The second-order valence-electron chi connectivity index (χ2n) is 4.00. The van der Waals surface area contributed by atoms with E-state index in [0.717, 1.165) is 10.5 Å². The maximum Gasteiger partial charge on any atom is 0.189 e. The maximum absolute atomic E-state index is 13.4. The lowest BCUT2D eigenvalue weighted by molar-refractivity contribution is 0.104. The number of hydrogen-bond donors (Lipinski definition) is 0. The molecule has 5 heteroatoms. The summed E-state index contributed by atoms with van der Waals surface area (Å²) in [6.07, 6.45) is 2.51. The van der Waals surface area contributed by atoms with Gasteiger partial charge in [0.2, 0.25) is 0 Å². The molecule has 102 valence electrons. The van der Waals surface area contributed by atoms with Gasteiger partial charge in [-0.15, -0.1) is 0 Å². The van der Waals surface area contributed by atoms with E-state index in [-0.39, 0.29) is 0 Å². The minimum absolute atomic E-state index is 0.393. The Morgan fingerprint density at radius 3 is 2.35 bits per heavy atom. The highest BCUT2D eigenvalue weighted by Crippen LogP contribution is 2.16. The topological polar surface area (TPSA) is 17.1 Å². The first-order valence-corrected chi connectivity index (χ1v) is 6.39. The minimum Gasteiger partial charge on any atom is -0.289 e. The lowest BCUT2D eigenvalue weighted by Crippen LogP contribution is -2.02. The smallest absolute Gasteiger partial charge is 0.189 e. The largest absolute Gasteiger partial charge is 0.289 e. The van der Waals surface area contributed by atoms with Gasteiger partial charge in [-0.05, 0) is 29.8 Å². The first kappa shape index (κ1) is 14.5. The molecule has 0 radical (unpaired) electrons. The molecule has 0 saturated carbocycles. The fourth-order valence-corrected chi connectivity index (χ4v) is 1.84. The average molecular weight is 341 g/mol. The van der Waals surface area contributed by atoms with Crippen molar-refractivity contribution >= 4 is 27.8 Å². The van der Waals surface area contributed by atoms with Crippen LogP contribution in [0.1, 0.15) is 15.9 Å². The van der Waals surface area contributed by atoms with Crippen molar-refractivity contribution in [3.8, 4) is 0 Å². The van der Waals surface area contributed by atoms with E-state index in [1.54, 1.807) is 24.3 Å². The number of carbonyl (C=O) groups is 1. The van der Waals surface area contributed by atoms with Gasteiger partial charge in [0.15, 0.2) is 17.4 Å². The van der Waals surface area contributed by atoms with Crippen LogP contribution in [0.4, 0.5) is 13.2 Å². The monoisotopic (exact) mass is 340 g/mol. The van der Waals surface area contributed by atoms with E-state index in [4.69, 9.17) is 0 Å². The molecule has 0 amide bonds. The van der Waals surface area contributed by atoms with E-state index in [0.29, 0.717) is 17.7 Å². The van der Waals surface area contributed by atoms with E-state index >= 15 is 0 Å². The normalized spacial score (nSPS) is 11.0. The summed E-state index contributed by atoms with van der Waals surface area (Å²) >= 11 is 3.26. The minimum atomic E-state index is -1.38. The van der Waals surface area contributed by atoms with E-state index in [9.17, 15) is 18.0 Å². The number of halogens is 4. The Bertz CT molecular complexity index is 678. The van der Waals surface area contributed by atoms with Crippen molar-refractivity contribution in [2.24, 2.45) is 0 Å². The van der Waals surface area contributed by atoms with Gasteiger partial charge in [0.25, 0.3) is 0 Å². The average Bonchev–Trinajstić information content (AvgIpc) is 2.42. The van der Waals surface area contributed by atoms with Crippen LogP contribution in [0.3, 0.4) is 0 Å². The zero-order chi connectivity index (χ0) is 14.7. The van der Waals surface area contributed by atoms with Crippen LogP contribution in [0, 0.1) is 17.5 Å². The molecule has 0 aromatic heterocycles. The SMILES string of the molecule is O=C(C=Cc1ccc(Br)cc1)c1cc(F)cc(F)c1F. The Labute approximate surface area is 121 Å². The highest BCUT2D eigenvalue weighted by molar-refractivity contribution is 9.10. The molecular weight excluding hydrogens is 333 g/mol. The van der Waals surface area contributed by atoms with Crippen LogP contribution in [0.5, 0.6) is 0 Å². The van der Waals surface area contributed by atoms with E-state index < -0.39 is 28.8 Å². The molecule has 0 bridgehead atoms. The summed E-state index contributed by atoms with van der Waals surface area (Å²) in [4.78, 5) is 11.7. The maximum atomic E-state index is 13.4. The summed E-state index contributed by atoms with van der Waals surface area (Å²) in [5.41, 5.74) is 0.0784. The second kappa shape index (κ2) is 6.05. The zero-order valence-corrected chi connectivity index (χ0v) is 11.6. The van der Waals surface area contributed by atoms with Gasteiger partial charge in [0.05, 0.1) is 5.56 Å². The molecular formula is C15H8BrF3O. The number of carbonyl (C=O) groups excluding carboxylic acids is 1. The van der Waals surface area contributed by atoms with Gasteiger partial charge in [-0.1, -0.05) is 34.1 Å². The number of ketones is 1. The Hall–Kier alpha value is -1.88. The molecule has 0 saturated heterocycles. The molecule has 20 heavy (non-hydrogen) atoms. The van der Waals surface area contributed by atoms with Gasteiger partial charge >= 0.3 is 0 Å². The first-order valence-electron chi connectivity index (χ1n) is 5.60. The Morgan fingerprint density at radius 2 is 1.70 bits per heavy atom. The summed E-state index contributed by atoms with van der Waals surface area (Å²) in [5, 5.41) is 0. The summed E-state index contributed by atoms with van der Waals surface area (Å²) in [7, 11) is 0. The Morgan fingerprint density at radius 1 is 1.05 bits per heavy atom. The number of allylic oxidation sites excluding steroid dienone is 1. The van der Waals surface area contributed by atoms with Crippen molar-refractivity contribution < 1.29 is 18.0 Å². The number of rotatable bonds is 3. The third-order valence-corrected chi connectivity index (χ3v) is 3.08. The number of benzene rings is 2. The Kier molecular flexibility index (Phi) is 4.39. The van der Waals surface area contributed by atoms with Gasteiger partial charge in [-0.25, -0.2) is 13.2 Å². The fraction of sp³-hybridized carbons (Fsp3) is 0. The molecule has 0 spiro atoms. The quantitative estimate of drug-likeness (QED) is 0.447. The number of hydrogen-bond acceptors (Lipinski definition) is 1. The molecule has 2 aromatic carbocycles. The molecule has 0 aliphatic rings. The van der Waals surface area contributed by atoms with Gasteiger partial charge in [0, 0.05) is 10.5 Å². The second-order valence-corrected chi connectivity index (χ2v) is 4.91. The van der Waals surface area contributed by atoms with Crippen LogP contribution in [0.15, 0.2) is 46.9 Å². The molecule has 2 rings (SSSR count). The van der Waals surface area contributed by atoms with Crippen LogP contribution in [-0.4, -0.2) is 5.78 Å².